The SMILES string of the molecule is CCC(C)N1CC(C)(F)C1. The Kier molecular flexibility index (Phi) is 1.99. The van der Waals surface area contributed by atoms with Crippen LogP contribution in [-0.4, -0.2) is 29.7 Å². The molecule has 0 aromatic rings. The molecule has 1 aliphatic heterocycles. The zero-order valence-electron chi connectivity index (χ0n) is 7.02. The van der Waals surface area contributed by atoms with Gasteiger partial charge >= 0.3 is 0 Å². The zero-order valence-corrected chi connectivity index (χ0v) is 7.02. The number of alkyl halides is 1. The second-order valence-corrected chi connectivity index (χ2v) is 3.58. The molecular formula is C8H16FN. The predicted octanol–water partition coefficient (Wildman–Crippen LogP) is 1.83. The van der Waals surface area contributed by atoms with Crippen molar-refractivity contribution in [3.05, 3.63) is 0 Å². The van der Waals surface area contributed by atoms with Crippen molar-refractivity contribution in [2.75, 3.05) is 13.1 Å². The third kappa shape index (κ3) is 1.48. The zero-order chi connectivity index (χ0) is 7.78. The Morgan fingerprint density at radius 1 is 1.60 bits per heavy atom. The lowest BCUT2D eigenvalue weighted by Crippen LogP contribution is -2.59. The van der Waals surface area contributed by atoms with E-state index in [4.69, 9.17) is 0 Å². The molecular weight excluding hydrogens is 129 g/mol. The highest BCUT2D eigenvalue weighted by Crippen LogP contribution is 2.26. The maximum Gasteiger partial charge on any atom is 0.133 e. The molecule has 0 aromatic carbocycles. The Morgan fingerprint density at radius 2 is 2.10 bits per heavy atom. The van der Waals surface area contributed by atoms with Crippen molar-refractivity contribution in [2.24, 2.45) is 0 Å². The quantitative estimate of drug-likeness (QED) is 0.573. The maximum atomic E-state index is 12.9. The van der Waals surface area contributed by atoms with Gasteiger partial charge < -0.3 is 0 Å². The highest BCUT2D eigenvalue weighted by molar-refractivity contribution is 4.93. The van der Waals surface area contributed by atoms with Crippen LogP contribution >= 0.6 is 0 Å². The van der Waals surface area contributed by atoms with Crippen molar-refractivity contribution in [3.63, 3.8) is 0 Å². The van der Waals surface area contributed by atoms with E-state index >= 15 is 0 Å². The van der Waals surface area contributed by atoms with Gasteiger partial charge in [-0.2, -0.15) is 0 Å². The molecule has 1 nitrogen and oxygen atoms in total. The molecule has 1 rings (SSSR count). The first-order chi connectivity index (χ1) is 4.55. The van der Waals surface area contributed by atoms with Gasteiger partial charge in [0.15, 0.2) is 0 Å². The molecule has 0 saturated carbocycles. The van der Waals surface area contributed by atoms with Crippen LogP contribution in [0.5, 0.6) is 0 Å². The fourth-order valence-corrected chi connectivity index (χ4v) is 1.37. The van der Waals surface area contributed by atoms with Gasteiger partial charge in [-0.1, -0.05) is 6.92 Å². The molecule has 0 spiro atoms. The lowest BCUT2D eigenvalue weighted by Gasteiger charge is -2.45. The lowest BCUT2D eigenvalue weighted by molar-refractivity contribution is -0.0408. The first-order valence-electron chi connectivity index (χ1n) is 3.98. The average Bonchev–Trinajstić information content (AvgIpc) is 1.81. The summed E-state index contributed by atoms with van der Waals surface area (Å²) >= 11 is 0. The fourth-order valence-electron chi connectivity index (χ4n) is 1.37. The van der Waals surface area contributed by atoms with E-state index in [0.29, 0.717) is 19.1 Å². The lowest BCUT2D eigenvalue weighted by atomic mass is 9.96. The van der Waals surface area contributed by atoms with Crippen LogP contribution in [0.2, 0.25) is 0 Å². The van der Waals surface area contributed by atoms with Crippen LogP contribution in [0.1, 0.15) is 27.2 Å². The van der Waals surface area contributed by atoms with Crippen molar-refractivity contribution >= 4 is 0 Å². The molecule has 10 heavy (non-hydrogen) atoms. The number of hydrogen-bond donors (Lipinski definition) is 0. The van der Waals surface area contributed by atoms with Crippen molar-refractivity contribution in [1.82, 2.24) is 4.90 Å². The monoisotopic (exact) mass is 145 g/mol. The van der Waals surface area contributed by atoms with Crippen LogP contribution in [-0.2, 0) is 0 Å². The topological polar surface area (TPSA) is 3.24 Å². The van der Waals surface area contributed by atoms with E-state index in [1.54, 1.807) is 6.92 Å². The minimum absolute atomic E-state index is 0.559. The Morgan fingerprint density at radius 3 is 2.40 bits per heavy atom. The van der Waals surface area contributed by atoms with E-state index in [-0.39, 0.29) is 0 Å². The molecule has 2 heteroatoms. The van der Waals surface area contributed by atoms with Gasteiger partial charge in [0.2, 0.25) is 0 Å². The Labute approximate surface area is 62.2 Å². The van der Waals surface area contributed by atoms with Crippen LogP contribution < -0.4 is 0 Å². The molecule has 1 unspecified atom stereocenters. The normalized spacial score (nSPS) is 27.6. The highest BCUT2D eigenvalue weighted by Gasteiger charge is 2.40. The fraction of sp³-hybridized carbons (Fsp3) is 1.00. The largest absolute Gasteiger partial charge is 0.294 e. The molecule has 1 heterocycles. The summed E-state index contributed by atoms with van der Waals surface area (Å²) in [5, 5.41) is 0. The summed E-state index contributed by atoms with van der Waals surface area (Å²) in [5.74, 6) is 0. The van der Waals surface area contributed by atoms with E-state index in [9.17, 15) is 4.39 Å². The number of hydrogen-bond acceptors (Lipinski definition) is 1. The van der Waals surface area contributed by atoms with Gasteiger partial charge in [0.05, 0.1) is 0 Å². The number of rotatable bonds is 2. The predicted molar refractivity (Wildman–Crippen MR) is 40.8 cm³/mol. The molecule has 1 fully saturated rings. The molecule has 60 valence electrons. The van der Waals surface area contributed by atoms with Gasteiger partial charge in [-0.3, -0.25) is 4.90 Å². The van der Waals surface area contributed by atoms with Crippen molar-refractivity contribution in [3.8, 4) is 0 Å². The summed E-state index contributed by atoms with van der Waals surface area (Å²) in [6, 6.07) is 0.559. The number of halogens is 1. The third-order valence-electron chi connectivity index (χ3n) is 2.28. The molecule has 0 bridgehead atoms. The molecule has 1 aliphatic rings. The second-order valence-electron chi connectivity index (χ2n) is 3.58. The average molecular weight is 145 g/mol. The minimum Gasteiger partial charge on any atom is -0.294 e. The molecule has 0 aliphatic carbocycles. The summed E-state index contributed by atoms with van der Waals surface area (Å²) < 4.78 is 12.9. The van der Waals surface area contributed by atoms with Crippen LogP contribution in [0.15, 0.2) is 0 Å². The maximum absolute atomic E-state index is 12.9. The Hall–Kier alpha value is -0.110. The second kappa shape index (κ2) is 2.50. The summed E-state index contributed by atoms with van der Waals surface area (Å²) in [7, 11) is 0. The van der Waals surface area contributed by atoms with Gasteiger partial charge in [-0.25, -0.2) is 4.39 Å². The van der Waals surface area contributed by atoms with Crippen LogP contribution in [0.4, 0.5) is 4.39 Å². The van der Waals surface area contributed by atoms with Crippen molar-refractivity contribution in [2.45, 2.75) is 38.9 Å². The molecule has 1 atom stereocenters. The smallest absolute Gasteiger partial charge is 0.133 e. The van der Waals surface area contributed by atoms with Crippen LogP contribution in [0, 0.1) is 0 Å². The number of likely N-dealkylation sites (tertiary alicyclic amines) is 1. The summed E-state index contributed by atoms with van der Waals surface area (Å²) in [4.78, 5) is 2.18. The van der Waals surface area contributed by atoms with Gasteiger partial charge in [-0.05, 0) is 20.3 Å². The van der Waals surface area contributed by atoms with E-state index in [1.165, 1.54) is 0 Å². The summed E-state index contributed by atoms with van der Waals surface area (Å²) in [6.07, 6.45) is 1.12. The number of nitrogens with zero attached hydrogens (tertiary/aromatic N) is 1. The minimum atomic E-state index is -0.899. The van der Waals surface area contributed by atoms with Crippen molar-refractivity contribution < 1.29 is 4.39 Å². The highest BCUT2D eigenvalue weighted by atomic mass is 19.1. The molecule has 0 amide bonds. The van der Waals surface area contributed by atoms with E-state index < -0.39 is 5.67 Å². The van der Waals surface area contributed by atoms with E-state index in [2.05, 4.69) is 18.7 Å². The first-order valence-corrected chi connectivity index (χ1v) is 3.98. The Balaban J connectivity index is 2.26. The van der Waals surface area contributed by atoms with Crippen LogP contribution in [0.25, 0.3) is 0 Å². The van der Waals surface area contributed by atoms with E-state index in [0.717, 1.165) is 6.42 Å². The van der Waals surface area contributed by atoms with Crippen molar-refractivity contribution in [1.29, 1.82) is 0 Å². The van der Waals surface area contributed by atoms with Gasteiger partial charge in [0.1, 0.15) is 5.67 Å². The van der Waals surface area contributed by atoms with Gasteiger partial charge in [0, 0.05) is 19.1 Å². The van der Waals surface area contributed by atoms with Gasteiger partial charge in [0.25, 0.3) is 0 Å². The molecule has 0 aromatic heterocycles. The van der Waals surface area contributed by atoms with Crippen LogP contribution in [0.3, 0.4) is 0 Å². The van der Waals surface area contributed by atoms with E-state index in [1.807, 2.05) is 0 Å². The third-order valence-corrected chi connectivity index (χ3v) is 2.28. The summed E-state index contributed by atoms with van der Waals surface area (Å²) in [5.41, 5.74) is -0.899. The standard InChI is InChI=1S/C8H16FN/c1-4-7(2)10-5-8(3,9)6-10/h7H,4-6H2,1-3H3. The molecule has 0 radical (unpaired) electrons. The molecule has 0 N–H and O–H groups in total. The summed E-state index contributed by atoms with van der Waals surface area (Å²) in [6.45, 7) is 7.21. The first kappa shape index (κ1) is 7.99. The molecule has 1 saturated heterocycles. The Bertz CT molecular complexity index is 114. The van der Waals surface area contributed by atoms with Gasteiger partial charge in [-0.15, -0.1) is 0 Å².